The minimum absolute atomic E-state index is 0.125. The number of hydrogen-bond donors (Lipinski definition) is 0. The fourth-order valence-electron chi connectivity index (χ4n) is 2.55. The van der Waals surface area contributed by atoms with Crippen LogP contribution in [-0.2, 0) is 4.74 Å². The number of rotatable bonds is 5. The average Bonchev–Trinajstić information content (AvgIpc) is 2.47. The Morgan fingerprint density at radius 2 is 2.05 bits per heavy atom. The number of hydrogen-bond acceptors (Lipinski definition) is 3. The summed E-state index contributed by atoms with van der Waals surface area (Å²) in [6.07, 6.45) is 1.36. The van der Waals surface area contributed by atoms with E-state index in [9.17, 15) is 13.6 Å². The molecule has 0 amide bonds. The summed E-state index contributed by atoms with van der Waals surface area (Å²) in [6.45, 7) is 3.08. The number of benzene rings is 1. The number of ketones is 1. The molecule has 1 aliphatic heterocycles. The second-order valence-corrected chi connectivity index (χ2v) is 5.10. The van der Waals surface area contributed by atoms with E-state index in [2.05, 4.69) is 4.90 Å². The molecule has 0 bridgehead atoms. The summed E-state index contributed by atoms with van der Waals surface area (Å²) in [4.78, 5) is 14.5. The third-order valence-corrected chi connectivity index (χ3v) is 3.76. The molecule has 1 aromatic rings. The first-order valence-electron chi connectivity index (χ1n) is 6.82. The van der Waals surface area contributed by atoms with Gasteiger partial charge >= 0.3 is 0 Å². The van der Waals surface area contributed by atoms with Crippen LogP contribution in [0, 0.1) is 17.6 Å². The van der Waals surface area contributed by atoms with Gasteiger partial charge in [0.1, 0.15) is 11.6 Å². The Bertz CT molecular complexity index is 471. The van der Waals surface area contributed by atoms with Gasteiger partial charge in [0.15, 0.2) is 5.78 Å². The number of Topliss-reactive ketones (excluding diaryl/α,β-unsaturated/α-hetero) is 1. The van der Waals surface area contributed by atoms with E-state index in [1.807, 2.05) is 0 Å². The first-order chi connectivity index (χ1) is 9.61. The largest absolute Gasteiger partial charge is 0.383 e. The smallest absolute Gasteiger partial charge is 0.169 e. The molecule has 1 aromatic carbocycles. The van der Waals surface area contributed by atoms with Crippen molar-refractivity contribution in [3.05, 3.63) is 35.4 Å². The first-order valence-corrected chi connectivity index (χ1v) is 6.82. The molecular formula is C15H19F2NO2. The zero-order chi connectivity index (χ0) is 14.5. The maximum absolute atomic E-state index is 13.6. The van der Waals surface area contributed by atoms with Gasteiger partial charge < -0.3 is 9.64 Å². The molecule has 0 aliphatic carbocycles. The lowest BCUT2D eigenvalue weighted by Gasteiger charge is -2.31. The van der Waals surface area contributed by atoms with Gasteiger partial charge in [-0.15, -0.1) is 0 Å². The Morgan fingerprint density at radius 3 is 2.70 bits per heavy atom. The molecule has 0 atom stereocenters. The normalized spacial score (nSPS) is 17.4. The molecule has 1 heterocycles. The van der Waals surface area contributed by atoms with Crippen molar-refractivity contribution >= 4 is 5.78 Å². The van der Waals surface area contributed by atoms with Gasteiger partial charge in [-0.1, -0.05) is 0 Å². The van der Waals surface area contributed by atoms with Crippen molar-refractivity contribution in [1.29, 1.82) is 0 Å². The van der Waals surface area contributed by atoms with Crippen LogP contribution in [0.2, 0.25) is 0 Å². The van der Waals surface area contributed by atoms with Gasteiger partial charge in [-0.3, -0.25) is 4.79 Å². The highest BCUT2D eigenvalue weighted by atomic mass is 19.1. The summed E-state index contributed by atoms with van der Waals surface area (Å²) in [5, 5.41) is 0. The SMILES string of the molecule is COCCN1CCC(C(=O)c2cc(F)ccc2F)CC1. The lowest BCUT2D eigenvalue weighted by molar-refractivity contribution is 0.0798. The minimum Gasteiger partial charge on any atom is -0.383 e. The lowest BCUT2D eigenvalue weighted by Crippen LogP contribution is -2.38. The summed E-state index contributed by atoms with van der Waals surface area (Å²) in [5.41, 5.74) is -0.125. The molecule has 3 nitrogen and oxygen atoms in total. The molecule has 0 spiro atoms. The second-order valence-electron chi connectivity index (χ2n) is 5.10. The van der Waals surface area contributed by atoms with Crippen LogP contribution in [-0.4, -0.2) is 44.0 Å². The molecule has 1 fully saturated rings. The van der Waals surface area contributed by atoms with E-state index in [0.29, 0.717) is 19.4 Å². The van der Waals surface area contributed by atoms with Crippen LogP contribution in [0.3, 0.4) is 0 Å². The predicted molar refractivity (Wildman–Crippen MR) is 71.7 cm³/mol. The zero-order valence-corrected chi connectivity index (χ0v) is 11.6. The summed E-state index contributed by atoms with van der Waals surface area (Å²) < 4.78 is 31.8. The number of piperidine rings is 1. The van der Waals surface area contributed by atoms with E-state index in [0.717, 1.165) is 37.8 Å². The molecule has 0 saturated carbocycles. The maximum Gasteiger partial charge on any atom is 0.169 e. The highest BCUT2D eigenvalue weighted by Crippen LogP contribution is 2.23. The minimum atomic E-state index is -0.641. The number of ether oxygens (including phenoxy) is 1. The van der Waals surface area contributed by atoms with Crippen molar-refractivity contribution in [3.8, 4) is 0 Å². The maximum atomic E-state index is 13.6. The quantitative estimate of drug-likeness (QED) is 0.778. The number of carbonyl (C=O) groups is 1. The monoisotopic (exact) mass is 283 g/mol. The molecule has 110 valence electrons. The highest BCUT2D eigenvalue weighted by Gasteiger charge is 2.27. The molecule has 1 aliphatic rings. The summed E-state index contributed by atoms with van der Waals surface area (Å²) in [5.74, 6) is -1.72. The van der Waals surface area contributed by atoms with E-state index >= 15 is 0 Å². The highest BCUT2D eigenvalue weighted by molar-refractivity contribution is 5.98. The second kappa shape index (κ2) is 6.90. The number of carbonyl (C=O) groups excluding carboxylic acids is 1. The van der Waals surface area contributed by atoms with Crippen LogP contribution < -0.4 is 0 Å². The third kappa shape index (κ3) is 3.61. The molecule has 0 radical (unpaired) electrons. The van der Waals surface area contributed by atoms with Crippen LogP contribution >= 0.6 is 0 Å². The van der Waals surface area contributed by atoms with Crippen molar-refractivity contribution < 1.29 is 18.3 Å². The Kier molecular flexibility index (Phi) is 5.20. The topological polar surface area (TPSA) is 29.5 Å². The Labute approximate surface area is 117 Å². The van der Waals surface area contributed by atoms with Crippen molar-refractivity contribution in [1.82, 2.24) is 4.90 Å². The van der Waals surface area contributed by atoms with Crippen LogP contribution in [0.25, 0.3) is 0 Å². The number of likely N-dealkylation sites (tertiary alicyclic amines) is 1. The summed E-state index contributed by atoms with van der Waals surface area (Å²) in [7, 11) is 1.66. The standard InChI is InChI=1S/C15H19F2NO2/c1-20-9-8-18-6-4-11(5-7-18)15(19)13-10-12(16)2-3-14(13)17/h2-3,10-11H,4-9H2,1H3. The fraction of sp³-hybridized carbons (Fsp3) is 0.533. The van der Waals surface area contributed by atoms with Crippen molar-refractivity contribution in [2.45, 2.75) is 12.8 Å². The van der Waals surface area contributed by atoms with Crippen molar-refractivity contribution in [3.63, 3.8) is 0 Å². The molecule has 5 heteroatoms. The van der Waals surface area contributed by atoms with Crippen LogP contribution in [0.4, 0.5) is 8.78 Å². The van der Waals surface area contributed by atoms with Gasteiger partial charge in [-0.05, 0) is 44.1 Å². The van der Waals surface area contributed by atoms with E-state index < -0.39 is 11.6 Å². The van der Waals surface area contributed by atoms with Crippen molar-refractivity contribution in [2.24, 2.45) is 5.92 Å². The van der Waals surface area contributed by atoms with E-state index in [1.165, 1.54) is 0 Å². The lowest BCUT2D eigenvalue weighted by atomic mass is 9.88. The number of halogens is 2. The Morgan fingerprint density at radius 1 is 1.35 bits per heavy atom. The van der Waals surface area contributed by atoms with Gasteiger partial charge in [0.05, 0.1) is 12.2 Å². The Hall–Kier alpha value is -1.33. The van der Waals surface area contributed by atoms with Crippen LogP contribution in [0.5, 0.6) is 0 Å². The Balaban J connectivity index is 1.96. The van der Waals surface area contributed by atoms with Gasteiger partial charge in [0.25, 0.3) is 0 Å². The van der Waals surface area contributed by atoms with Gasteiger partial charge in [-0.2, -0.15) is 0 Å². The third-order valence-electron chi connectivity index (χ3n) is 3.76. The summed E-state index contributed by atoms with van der Waals surface area (Å²) >= 11 is 0. The average molecular weight is 283 g/mol. The molecule has 0 unspecified atom stereocenters. The number of methoxy groups -OCH3 is 1. The van der Waals surface area contributed by atoms with E-state index in [4.69, 9.17) is 4.74 Å². The van der Waals surface area contributed by atoms with Crippen molar-refractivity contribution in [2.75, 3.05) is 33.4 Å². The van der Waals surface area contributed by atoms with Gasteiger partial charge in [0.2, 0.25) is 0 Å². The van der Waals surface area contributed by atoms with Crippen LogP contribution in [0.15, 0.2) is 18.2 Å². The predicted octanol–water partition coefficient (Wildman–Crippen LogP) is 2.51. The summed E-state index contributed by atoms with van der Waals surface area (Å²) in [6, 6.07) is 3.03. The molecule has 2 rings (SSSR count). The molecule has 1 saturated heterocycles. The fourth-order valence-corrected chi connectivity index (χ4v) is 2.55. The molecular weight excluding hydrogens is 264 g/mol. The van der Waals surface area contributed by atoms with Gasteiger partial charge in [-0.25, -0.2) is 8.78 Å². The van der Waals surface area contributed by atoms with E-state index in [-0.39, 0.29) is 17.3 Å². The van der Waals surface area contributed by atoms with E-state index in [1.54, 1.807) is 7.11 Å². The van der Waals surface area contributed by atoms with Crippen LogP contribution in [0.1, 0.15) is 23.2 Å². The first kappa shape index (κ1) is 15.1. The number of nitrogens with zero attached hydrogens (tertiary/aromatic N) is 1. The zero-order valence-electron chi connectivity index (χ0n) is 11.6. The van der Waals surface area contributed by atoms with Gasteiger partial charge in [0, 0.05) is 19.6 Å². The molecule has 0 aromatic heterocycles. The molecule has 20 heavy (non-hydrogen) atoms. The molecule has 0 N–H and O–H groups in total.